The first-order chi connectivity index (χ1) is 8.81. The lowest BCUT2D eigenvalue weighted by molar-refractivity contribution is -0.134. The van der Waals surface area contributed by atoms with Crippen LogP contribution in [0.3, 0.4) is 0 Å². The normalized spacial score (nSPS) is 31.1. The number of carbonyl (C=O) groups is 3. The summed E-state index contributed by atoms with van der Waals surface area (Å²) in [6.07, 6.45) is 5.73. The third-order valence-electron chi connectivity index (χ3n) is 4.16. The molecule has 0 heterocycles. The Morgan fingerprint density at radius 2 is 2.05 bits per heavy atom. The fourth-order valence-electron chi connectivity index (χ4n) is 2.91. The maximum atomic E-state index is 11.8. The zero-order valence-electron chi connectivity index (χ0n) is 11.4. The number of ketones is 1. The molecule has 0 aliphatic heterocycles. The van der Waals surface area contributed by atoms with Gasteiger partial charge in [-0.05, 0) is 43.6 Å². The number of rotatable bonds is 5. The smallest absolute Gasteiger partial charge is 0.331 e. The van der Waals surface area contributed by atoms with Crippen molar-refractivity contribution in [2.45, 2.75) is 33.1 Å². The van der Waals surface area contributed by atoms with Crippen molar-refractivity contribution >= 4 is 18.0 Å². The van der Waals surface area contributed by atoms with Crippen LogP contribution < -0.4 is 0 Å². The number of hydrogen-bond donors (Lipinski definition) is 1. The molecule has 0 saturated heterocycles. The van der Waals surface area contributed by atoms with Crippen molar-refractivity contribution in [2.24, 2.45) is 17.3 Å². The average molecular weight is 264 g/mol. The van der Waals surface area contributed by atoms with E-state index in [0.717, 1.165) is 0 Å². The van der Waals surface area contributed by atoms with Crippen LogP contribution in [0.5, 0.6) is 0 Å². The second-order valence-corrected chi connectivity index (χ2v) is 5.47. The van der Waals surface area contributed by atoms with Crippen molar-refractivity contribution in [2.75, 3.05) is 0 Å². The molecule has 0 aromatic heterocycles. The fourth-order valence-corrected chi connectivity index (χ4v) is 2.91. The van der Waals surface area contributed by atoms with Gasteiger partial charge in [-0.15, -0.1) is 0 Å². The van der Waals surface area contributed by atoms with Crippen molar-refractivity contribution in [3.63, 3.8) is 0 Å². The van der Waals surface area contributed by atoms with Crippen molar-refractivity contribution in [3.05, 3.63) is 24.3 Å². The molecule has 0 aromatic rings. The molecule has 19 heavy (non-hydrogen) atoms. The van der Waals surface area contributed by atoms with E-state index in [1.807, 2.05) is 6.92 Å². The molecular weight excluding hydrogens is 244 g/mol. The molecule has 4 heteroatoms. The van der Waals surface area contributed by atoms with Crippen molar-refractivity contribution < 1.29 is 19.5 Å². The molecule has 1 aliphatic rings. The first-order valence-corrected chi connectivity index (χ1v) is 6.37. The van der Waals surface area contributed by atoms with E-state index in [1.165, 1.54) is 13.0 Å². The third-order valence-corrected chi connectivity index (χ3v) is 4.16. The number of aliphatic carboxylic acids is 1. The largest absolute Gasteiger partial charge is 0.478 e. The van der Waals surface area contributed by atoms with E-state index in [2.05, 4.69) is 6.58 Å². The minimum atomic E-state index is -1.00. The summed E-state index contributed by atoms with van der Waals surface area (Å²) >= 11 is 0. The Kier molecular flexibility index (Phi) is 4.81. The highest BCUT2D eigenvalue weighted by atomic mass is 16.4. The molecule has 4 nitrogen and oxygen atoms in total. The van der Waals surface area contributed by atoms with Gasteiger partial charge in [0.25, 0.3) is 0 Å². The van der Waals surface area contributed by atoms with E-state index in [1.54, 1.807) is 6.08 Å². The van der Waals surface area contributed by atoms with Crippen LogP contribution in [-0.4, -0.2) is 23.1 Å². The Bertz CT molecular complexity index is 435. The molecule has 1 fully saturated rings. The average Bonchev–Trinajstić information content (AvgIpc) is 2.35. The molecule has 104 valence electrons. The molecule has 0 amide bonds. The van der Waals surface area contributed by atoms with Gasteiger partial charge in [-0.2, -0.15) is 0 Å². The van der Waals surface area contributed by atoms with Crippen LogP contribution in [0.2, 0.25) is 0 Å². The Morgan fingerprint density at radius 1 is 1.42 bits per heavy atom. The van der Waals surface area contributed by atoms with Crippen LogP contribution in [0.4, 0.5) is 0 Å². The van der Waals surface area contributed by atoms with Gasteiger partial charge < -0.3 is 5.11 Å². The molecule has 0 spiro atoms. The quantitative estimate of drug-likeness (QED) is 0.611. The topological polar surface area (TPSA) is 71.4 Å². The predicted octanol–water partition coefficient (Wildman–Crippen LogP) is 2.39. The predicted molar refractivity (Wildman–Crippen MR) is 71.6 cm³/mol. The third kappa shape index (κ3) is 3.40. The van der Waals surface area contributed by atoms with Gasteiger partial charge in [0.2, 0.25) is 0 Å². The Balaban J connectivity index is 2.96. The van der Waals surface area contributed by atoms with Crippen LogP contribution in [0.15, 0.2) is 24.3 Å². The summed E-state index contributed by atoms with van der Waals surface area (Å²) in [4.78, 5) is 33.2. The van der Waals surface area contributed by atoms with Crippen LogP contribution >= 0.6 is 0 Å². The summed E-state index contributed by atoms with van der Waals surface area (Å²) in [5.74, 6) is -1.40. The van der Waals surface area contributed by atoms with Crippen molar-refractivity contribution in [1.29, 1.82) is 0 Å². The van der Waals surface area contributed by atoms with Gasteiger partial charge in [-0.3, -0.25) is 9.59 Å². The number of Topliss-reactive ketones (excluding diaryl/α,β-unsaturated/α-hetero) is 1. The molecular formula is C15H20O4. The highest BCUT2D eigenvalue weighted by molar-refractivity contribution is 5.87. The molecule has 0 radical (unpaired) electrons. The van der Waals surface area contributed by atoms with Crippen LogP contribution in [0.25, 0.3) is 0 Å². The summed E-state index contributed by atoms with van der Waals surface area (Å²) in [6.45, 7) is 7.06. The van der Waals surface area contributed by atoms with Gasteiger partial charge in [0.15, 0.2) is 0 Å². The van der Waals surface area contributed by atoms with E-state index in [4.69, 9.17) is 5.11 Å². The lowest BCUT2D eigenvalue weighted by Gasteiger charge is -2.41. The van der Waals surface area contributed by atoms with Crippen LogP contribution in [-0.2, 0) is 14.4 Å². The Hall–Kier alpha value is -1.71. The zero-order valence-corrected chi connectivity index (χ0v) is 11.4. The SMILES string of the molecule is C=C(C(=O)O)[C@@H]1CC[C@@](C)(C=CC=O)[C@H](C(C)=O)C1. The lowest BCUT2D eigenvalue weighted by atomic mass is 9.62. The molecule has 1 saturated carbocycles. The summed E-state index contributed by atoms with van der Waals surface area (Å²) in [5.41, 5.74) is -0.199. The van der Waals surface area contributed by atoms with E-state index < -0.39 is 5.97 Å². The molecule has 0 bridgehead atoms. The summed E-state index contributed by atoms with van der Waals surface area (Å²) < 4.78 is 0. The number of aldehydes is 1. The summed E-state index contributed by atoms with van der Waals surface area (Å²) in [7, 11) is 0. The summed E-state index contributed by atoms with van der Waals surface area (Å²) in [5, 5.41) is 8.99. The van der Waals surface area contributed by atoms with Gasteiger partial charge in [-0.1, -0.05) is 19.6 Å². The molecule has 0 aromatic carbocycles. The van der Waals surface area contributed by atoms with Gasteiger partial charge in [-0.25, -0.2) is 4.79 Å². The maximum absolute atomic E-state index is 11.8. The first kappa shape index (κ1) is 15.3. The van der Waals surface area contributed by atoms with E-state index in [0.29, 0.717) is 25.5 Å². The molecule has 3 atom stereocenters. The molecule has 0 unspecified atom stereocenters. The number of allylic oxidation sites excluding steroid dienone is 2. The van der Waals surface area contributed by atoms with Crippen LogP contribution in [0.1, 0.15) is 33.1 Å². The Labute approximate surface area is 113 Å². The molecule has 1 N–H and O–H groups in total. The standard InChI is InChI=1S/C15H20O4/c1-10(14(18)19)12-5-7-15(3,6-4-8-16)13(9-12)11(2)17/h4,6,8,12-13H,1,5,7,9H2,2-3H3,(H,18,19)/t12-,13+,15-/m1/s1. The van der Waals surface area contributed by atoms with Gasteiger partial charge in [0.1, 0.15) is 12.1 Å². The van der Waals surface area contributed by atoms with Gasteiger partial charge in [0, 0.05) is 11.5 Å². The van der Waals surface area contributed by atoms with Gasteiger partial charge in [0.05, 0.1) is 0 Å². The Morgan fingerprint density at radius 3 is 2.53 bits per heavy atom. The van der Waals surface area contributed by atoms with Gasteiger partial charge >= 0.3 is 5.97 Å². The summed E-state index contributed by atoms with van der Waals surface area (Å²) in [6, 6.07) is 0. The zero-order chi connectivity index (χ0) is 14.6. The highest BCUT2D eigenvalue weighted by Gasteiger charge is 2.42. The fraction of sp³-hybridized carbons (Fsp3) is 0.533. The minimum absolute atomic E-state index is 0.0286. The number of hydrogen-bond acceptors (Lipinski definition) is 3. The van der Waals surface area contributed by atoms with Crippen LogP contribution in [0, 0.1) is 17.3 Å². The monoisotopic (exact) mass is 264 g/mol. The minimum Gasteiger partial charge on any atom is -0.478 e. The second kappa shape index (κ2) is 5.95. The number of carboxylic acid groups (broad SMARTS) is 1. The lowest BCUT2D eigenvalue weighted by Crippen LogP contribution is -2.38. The molecule has 1 rings (SSSR count). The van der Waals surface area contributed by atoms with E-state index >= 15 is 0 Å². The van der Waals surface area contributed by atoms with Crippen molar-refractivity contribution in [3.8, 4) is 0 Å². The number of carbonyl (C=O) groups excluding carboxylic acids is 2. The van der Waals surface area contributed by atoms with E-state index in [-0.39, 0.29) is 28.6 Å². The second-order valence-electron chi connectivity index (χ2n) is 5.47. The molecule has 1 aliphatic carbocycles. The number of carboxylic acids is 1. The highest BCUT2D eigenvalue weighted by Crippen LogP contribution is 2.46. The first-order valence-electron chi connectivity index (χ1n) is 6.37. The maximum Gasteiger partial charge on any atom is 0.331 e. The van der Waals surface area contributed by atoms with E-state index in [9.17, 15) is 14.4 Å². The van der Waals surface area contributed by atoms with Crippen molar-refractivity contribution in [1.82, 2.24) is 0 Å².